The third-order valence-electron chi connectivity index (χ3n) is 4.96. The zero-order valence-electron chi connectivity index (χ0n) is 11.8. The quantitative estimate of drug-likeness (QED) is 0.813. The maximum atomic E-state index is 12.8. The Morgan fingerprint density at radius 1 is 1.21 bits per heavy atom. The smallest absolute Gasteiger partial charge is 0.233 e. The summed E-state index contributed by atoms with van der Waals surface area (Å²) in [6.45, 7) is 4.19. The first-order valence-electron chi connectivity index (χ1n) is 7.61. The molecule has 0 aromatic heterocycles. The van der Waals surface area contributed by atoms with Crippen LogP contribution in [0.5, 0.6) is 0 Å². The van der Waals surface area contributed by atoms with E-state index in [0.29, 0.717) is 5.91 Å². The van der Waals surface area contributed by atoms with Gasteiger partial charge in [-0.3, -0.25) is 4.79 Å². The van der Waals surface area contributed by atoms with E-state index >= 15 is 0 Å². The van der Waals surface area contributed by atoms with E-state index < -0.39 is 0 Å². The third-order valence-corrected chi connectivity index (χ3v) is 4.96. The summed E-state index contributed by atoms with van der Waals surface area (Å²) in [5.74, 6) is 1.21. The maximum absolute atomic E-state index is 12.8. The van der Waals surface area contributed by atoms with Gasteiger partial charge in [0.15, 0.2) is 0 Å². The summed E-state index contributed by atoms with van der Waals surface area (Å²) in [5, 5.41) is 0. The number of nitrogens with zero attached hydrogens (tertiary/aromatic N) is 1. The van der Waals surface area contributed by atoms with Gasteiger partial charge in [-0.2, -0.15) is 0 Å². The molecule has 0 N–H and O–H groups in total. The van der Waals surface area contributed by atoms with Gasteiger partial charge in [0.25, 0.3) is 0 Å². The molecular formula is C17H23NO. The molecule has 1 saturated carbocycles. The Bertz CT molecular complexity index is 442. The van der Waals surface area contributed by atoms with Crippen LogP contribution < -0.4 is 0 Å². The normalized spacial score (nSPS) is 22.3. The van der Waals surface area contributed by atoms with Crippen LogP contribution in [0.1, 0.15) is 44.6 Å². The Kier molecular flexibility index (Phi) is 3.34. The molecule has 0 radical (unpaired) electrons. The zero-order valence-corrected chi connectivity index (χ0v) is 11.8. The van der Waals surface area contributed by atoms with Gasteiger partial charge >= 0.3 is 0 Å². The predicted molar refractivity (Wildman–Crippen MR) is 76.9 cm³/mol. The van der Waals surface area contributed by atoms with Crippen LogP contribution in [0.3, 0.4) is 0 Å². The fraction of sp³-hybridized carbons (Fsp3) is 0.588. The van der Waals surface area contributed by atoms with Crippen molar-refractivity contribution in [2.75, 3.05) is 13.1 Å². The van der Waals surface area contributed by atoms with Crippen LogP contribution in [-0.2, 0) is 10.2 Å². The van der Waals surface area contributed by atoms with Crippen molar-refractivity contribution in [3.63, 3.8) is 0 Å². The summed E-state index contributed by atoms with van der Waals surface area (Å²) in [5.41, 5.74) is 1.05. The maximum Gasteiger partial charge on any atom is 0.233 e. The lowest BCUT2D eigenvalue weighted by molar-refractivity contribution is -0.135. The van der Waals surface area contributed by atoms with Crippen molar-refractivity contribution in [3.05, 3.63) is 35.9 Å². The fourth-order valence-electron chi connectivity index (χ4n) is 3.36. The van der Waals surface area contributed by atoms with E-state index in [0.717, 1.165) is 31.8 Å². The number of carbonyl (C=O) groups is 1. The second kappa shape index (κ2) is 4.99. The van der Waals surface area contributed by atoms with Crippen molar-refractivity contribution in [1.82, 2.24) is 4.90 Å². The zero-order chi connectivity index (χ0) is 13.3. The molecule has 102 valence electrons. The molecule has 1 aromatic rings. The van der Waals surface area contributed by atoms with Crippen LogP contribution in [-0.4, -0.2) is 23.9 Å². The number of rotatable bonds is 3. The van der Waals surface area contributed by atoms with Gasteiger partial charge in [-0.25, -0.2) is 0 Å². The fourth-order valence-corrected chi connectivity index (χ4v) is 3.36. The Morgan fingerprint density at radius 2 is 1.84 bits per heavy atom. The van der Waals surface area contributed by atoms with Crippen LogP contribution in [0.2, 0.25) is 0 Å². The summed E-state index contributed by atoms with van der Waals surface area (Å²) in [6.07, 6.45) is 5.69. The number of piperidine rings is 1. The number of carbonyl (C=O) groups excluding carboxylic acids is 1. The number of hydrogen-bond acceptors (Lipinski definition) is 1. The molecular weight excluding hydrogens is 234 g/mol. The molecule has 1 amide bonds. The van der Waals surface area contributed by atoms with Crippen molar-refractivity contribution in [2.45, 2.75) is 44.4 Å². The summed E-state index contributed by atoms with van der Waals surface area (Å²) in [6, 6.07) is 10.3. The monoisotopic (exact) mass is 257 g/mol. The average molecular weight is 257 g/mol. The summed E-state index contributed by atoms with van der Waals surface area (Å²) >= 11 is 0. The van der Waals surface area contributed by atoms with Gasteiger partial charge in [-0.05, 0) is 37.2 Å². The molecule has 1 aliphatic heterocycles. The lowest BCUT2D eigenvalue weighted by Gasteiger charge is -2.34. The minimum absolute atomic E-state index is 0.166. The van der Waals surface area contributed by atoms with Gasteiger partial charge < -0.3 is 4.90 Å². The van der Waals surface area contributed by atoms with Crippen molar-refractivity contribution >= 4 is 5.91 Å². The Balaban J connectivity index is 1.71. The number of benzene rings is 1. The minimum atomic E-state index is -0.166. The Morgan fingerprint density at radius 3 is 2.37 bits per heavy atom. The standard InChI is InChI=1S/C17H23NO/c1-2-14-8-12-18(13-9-14)16(19)17(10-11-17)15-6-4-3-5-7-15/h3-7,14H,2,8-13H2,1H3. The second-order valence-electron chi connectivity index (χ2n) is 6.09. The number of hydrogen-bond donors (Lipinski definition) is 0. The van der Waals surface area contributed by atoms with Gasteiger partial charge in [0.1, 0.15) is 0 Å². The van der Waals surface area contributed by atoms with Crippen LogP contribution in [0, 0.1) is 5.92 Å². The van der Waals surface area contributed by atoms with E-state index in [1.165, 1.54) is 24.8 Å². The molecule has 2 fully saturated rings. The lowest BCUT2D eigenvalue weighted by atomic mass is 9.90. The highest BCUT2D eigenvalue weighted by molar-refractivity contribution is 5.91. The first-order chi connectivity index (χ1) is 9.26. The van der Waals surface area contributed by atoms with Gasteiger partial charge in [0, 0.05) is 13.1 Å². The van der Waals surface area contributed by atoms with Gasteiger partial charge in [-0.1, -0.05) is 43.7 Å². The molecule has 19 heavy (non-hydrogen) atoms. The van der Waals surface area contributed by atoms with Crippen molar-refractivity contribution < 1.29 is 4.79 Å². The Hall–Kier alpha value is -1.31. The number of likely N-dealkylation sites (tertiary alicyclic amines) is 1. The molecule has 3 rings (SSSR count). The van der Waals surface area contributed by atoms with Crippen LogP contribution >= 0.6 is 0 Å². The molecule has 0 bridgehead atoms. The molecule has 1 heterocycles. The van der Waals surface area contributed by atoms with Crippen molar-refractivity contribution in [3.8, 4) is 0 Å². The molecule has 2 nitrogen and oxygen atoms in total. The van der Waals surface area contributed by atoms with E-state index in [2.05, 4.69) is 24.0 Å². The van der Waals surface area contributed by atoms with Crippen LogP contribution in [0.15, 0.2) is 30.3 Å². The highest BCUT2D eigenvalue weighted by Crippen LogP contribution is 2.49. The molecule has 1 aromatic carbocycles. The van der Waals surface area contributed by atoms with E-state index in [-0.39, 0.29) is 5.41 Å². The van der Waals surface area contributed by atoms with Crippen LogP contribution in [0.4, 0.5) is 0 Å². The van der Waals surface area contributed by atoms with Crippen LogP contribution in [0.25, 0.3) is 0 Å². The van der Waals surface area contributed by atoms with Gasteiger partial charge in [0.2, 0.25) is 5.91 Å². The highest BCUT2D eigenvalue weighted by atomic mass is 16.2. The van der Waals surface area contributed by atoms with Crippen molar-refractivity contribution in [2.24, 2.45) is 5.92 Å². The Labute approximate surface area is 115 Å². The predicted octanol–water partition coefficient (Wildman–Crippen LogP) is 3.37. The third kappa shape index (κ3) is 2.29. The summed E-state index contributed by atoms with van der Waals surface area (Å²) in [4.78, 5) is 14.9. The second-order valence-corrected chi connectivity index (χ2v) is 6.09. The topological polar surface area (TPSA) is 20.3 Å². The van der Waals surface area contributed by atoms with Gasteiger partial charge in [-0.15, -0.1) is 0 Å². The summed E-state index contributed by atoms with van der Waals surface area (Å²) < 4.78 is 0. The van der Waals surface area contributed by atoms with Crippen molar-refractivity contribution in [1.29, 1.82) is 0 Å². The molecule has 0 atom stereocenters. The highest BCUT2D eigenvalue weighted by Gasteiger charge is 2.53. The number of amides is 1. The van der Waals surface area contributed by atoms with Gasteiger partial charge in [0.05, 0.1) is 5.41 Å². The molecule has 2 heteroatoms. The van der Waals surface area contributed by atoms with E-state index in [1.54, 1.807) is 0 Å². The summed E-state index contributed by atoms with van der Waals surface area (Å²) in [7, 11) is 0. The SMILES string of the molecule is CCC1CCN(C(=O)C2(c3ccccc3)CC2)CC1. The van der Waals surface area contributed by atoms with E-state index in [1.807, 2.05) is 18.2 Å². The van der Waals surface area contributed by atoms with E-state index in [4.69, 9.17) is 0 Å². The molecule has 1 aliphatic carbocycles. The minimum Gasteiger partial charge on any atom is -0.342 e. The molecule has 2 aliphatic rings. The lowest BCUT2D eigenvalue weighted by Crippen LogP contribution is -2.44. The molecule has 0 spiro atoms. The first-order valence-corrected chi connectivity index (χ1v) is 7.61. The average Bonchev–Trinajstić information content (AvgIpc) is 3.29. The van der Waals surface area contributed by atoms with E-state index in [9.17, 15) is 4.79 Å². The molecule has 0 unspecified atom stereocenters. The molecule has 1 saturated heterocycles. The largest absolute Gasteiger partial charge is 0.342 e. The first kappa shape index (κ1) is 12.7.